The van der Waals surface area contributed by atoms with Gasteiger partial charge < -0.3 is 15.5 Å². The number of amides is 4. The van der Waals surface area contributed by atoms with Crippen molar-refractivity contribution in [1.29, 1.82) is 0 Å². The summed E-state index contributed by atoms with van der Waals surface area (Å²) in [5.41, 5.74) is 5.45. The first-order valence-corrected chi connectivity index (χ1v) is 8.78. The summed E-state index contributed by atoms with van der Waals surface area (Å²) in [6.45, 7) is 5.01. The van der Waals surface area contributed by atoms with Gasteiger partial charge in [0, 0.05) is 49.8 Å². The zero-order valence-electron chi connectivity index (χ0n) is 15.4. The van der Waals surface area contributed by atoms with Crippen LogP contribution in [-0.4, -0.2) is 48.4 Å². The van der Waals surface area contributed by atoms with Crippen LogP contribution in [0.5, 0.6) is 0 Å². The molecule has 0 aromatic heterocycles. The molecule has 4 amide bonds. The summed E-state index contributed by atoms with van der Waals surface area (Å²) >= 11 is 0. The van der Waals surface area contributed by atoms with E-state index < -0.39 is 23.6 Å². The van der Waals surface area contributed by atoms with Crippen molar-refractivity contribution in [3.8, 4) is 0 Å². The molecule has 3 N–H and O–H groups in total. The zero-order chi connectivity index (χ0) is 20.1. The van der Waals surface area contributed by atoms with E-state index in [0.29, 0.717) is 31.7 Å². The summed E-state index contributed by atoms with van der Waals surface area (Å²) in [4.78, 5) is 38.3. The van der Waals surface area contributed by atoms with Gasteiger partial charge in [0.05, 0.1) is 0 Å². The number of nitrogens with two attached hydrogens (primary N) is 1. The minimum atomic E-state index is -0.916. The van der Waals surface area contributed by atoms with Gasteiger partial charge in [-0.05, 0) is 25.5 Å². The molecule has 1 aliphatic rings. The lowest BCUT2D eigenvalue weighted by molar-refractivity contribution is -0.136. The Balaban J connectivity index is 1.90. The maximum Gasteiger partial charge on any atom is 0.318 e. The normalized spacial score (nSPS) is 18.1. The fourth-order valence-electron chi connectivity index (χ4n) is 3.19. The van der Waals surface area contributed by atoms with Crippen LogP contribution < -0.4 is 16.0 Å². The van der Waals surface area contributed by atoms with Crippen LogP contribution in [0.3, 0.4) is 0 Å². The Kier molecular flexibility index (Phi) is 6.70. The van der Waals surface area contributed by atoms with Gasteiger partial charge in [0.15, 0.2) is 11.6 Å². The second-order valence-corrected chi connectivity index (χ2v) is 6.78. The van der Waals surface area contributed by atoms with E-state index in [-0.39, 0.29) is 24.3 Å². The standard InChI is InChI=1S/C18H24F2N4O3/c1-11(3-6-16(25)22-18(21)27)17(26)23-7-8-24(12(2)10-23)13-4-5-14(19)15(20)9-13/h4-5,9,11-12H,3,6-8,10H2,1-2H3,(H3,21,22,25,27)/t11?,12-/m0/s1. The maximum absolute atomic E-state index is 13.5. The van der Waals surface area contributed by atoms with Crippen molar-refractivity contribution in [2.75, 3.05) is 24.5 Å². The second-order valence-electron chi connectivity index (χ2n) is 6.78. The number of piperazine rings is 1. The topological polar surface area (TPSA) is 95.7 Å². The number of primary amides is 1. The van der Waals surface area contributed by atoms with Crippen LogP contribution in [0.4, 0.5) is 19.3 Å². The Labute approximate surface area is 156 Å². The monoisotopic (exact) mass is 382 g/mol. The zero-order valence-corrected chi connectivity index (χ0v) is 15.4. The van der Waals surface area contributed by atoms with Gasteiger partial charge in [0.25, 0.3) is 0 Å². The van der Waals surface area contributed by atoms with E-state index in [1.165, 1.54) is 6.07 Å². The molecule has 7 nitrogen and oxygen atoms in total. The lowest BCUT2D eigenvalue weighted by Gasteiger charge is -2.42. The average Bonchev–Trinajstić information content (AvgIpc) is 2.60. The number of hydrogen-bond acceptors (Lipinski definition) is 4. The van der Waals surface area contributed by atoms with E-state index in [1.807, 2.05) is 17.1 Å². The van der Waals surface area contributed by atoms with E-state index in [1.54, 1.807) is 11.8 Å². The molecule has 1 aromatic carbocycles. The van der Waals surface area contributed by atoms with Crippen LogP contribution in [0.2, 0.25) is 0 Å². The number of halogens is 2. The van der Waals surface area contributed by atoms with E-state index >= 15 is 0 Å². The number of nitrogens with one attached hydrogen (secondary N) is 1. The average molecular weight is 382 g/mol. The summed E-state index contributed by atoms with van der Waals surface area (Å²) in [6.07, 6.45) is 0.329. The first-order valence-electron chi connectivity index (χ1n) is 8.78. The van der Waals surface area contributed by atoms with Gasteiger partial charge in [0.1, 0.15) is 0 Å². The molecular formula is C18H24F2N4O3. The van der Waals surface area contributed by atoms with Crippen LogP contribution in [0.1, 0.15) is 26.7 Å². The summed E-state index contributed by atoms with van der Waals surface area (Å²) in [5.74, 6) is -2.78. The van der Waals surface area contributed by atoms with Crippen LogP contribution in [0.15, 0.2) is 18.2 Å². The van der Waals surface area contributed by atoms with Gasteiger partial charge in [0.2, 0.25) is 11.8 Å². The Morgan fingerprint density at radius 3 is 2.56 bits per heavy atom. The number of hydrogen-bond donors (Lipinski definition) is 2. The van der Waals surface area contributed by atoms with Crippen molar-refractivity contribution in [2.45, 2.75) is 32.7 Å². The van der Waals surface area contributed by atoms with Crippen molar-refractivity contribution in [1.82, 2.24) is 10.2 Å². The summed E-state index contributed by atoms with van der Waals surface area (Å²) in [5, 5.41) is 1.97. The van der Waals surface area contributed by atoms with Gasteiger partial charge >= 0.3 is 6.03 Å². The molecule has 1 fully saturated rings. The number of rotatable bonds is 5. The highest BCUT2D eigenvalue weighted by atomic mass is 19.2. The lowest BCUT2D eigenvalue weighted by atomic mass is 10.0. The summed E-state index contributed by atoms with van der Waals surface area (Å²) in [6, 6.07) is 2.78. The molecule has 2 rings (SSSR count). The quantitative estimate of drug-likeness (QED) is 0.809. The predicted molar refractivity (Wildman–Crippen MR) is 95.9 cm³/mol. The Hall–Kier alpha value is -2.71. The molecule has 0 saturated carbocycles. The van der Waals surface area contributed by atoms with Crippen molar-refractivity contribution >= 4 is 23.5 Å². The summed E-state index contributed by atoms with van der Waals surface area (Å²) < 4.78 is 26.6. The predicted octanol–water partition coefficient (Wildman–Crippen LogP) is 1.61. The first kappa shape index (κ1) is 20.6. The molecule has 0 spiro atoms. The van der Waals surface area contributed by atoms with E-state index in [0.717, 1.165) is 12.1 Å². The molecular weight excluding hydrogens is 358 g/mol. The molecule has 2 atom stereocenters. The number of urea groups is 1. The van der Waals surface area contributed by atoms with Gasteiger partial charge in [-0.3, -0.25) is 14.9 Å². The first-order chi connectivity index (χ1) is 12.7. The molecule has 0 radical (unpaired) electrons. The van der Waals surface area contributed by atoms with Crippen molar-refractivity contribution in [2.24, 2.45) is 11.7 Å². The molecule has 1 aromatic rings. The smallest absolute Gasteiger partial charge is 0.318 e. The van der Waals surface area contributed by atoms with Gasteiger partial charge in [-0.25, -0.2) is 13.6 Å². The van der Waals surface area contributed by atoms with Gasteiger partial charge in [-0.2, -0.15) is 0 Å². The van der Waals surface area contributed by atoms with Crippen LogP contribution in [-0.2, 0) is 9.59 Å². The number of nitrogens with zero attached hydrogens (tertiary/aromatic N) is 2. The van der Waals surface area contributed by atoms with Crippen LogP contribution in [0.25, 0.3) is 0 Å². The Morgan fingerprint density at radius 1 is 1.26 bits per heavy atom. The number of anilines is 1. The third-order valence-corrected chi connectivity index (χ3v) is 4.66. The van der Waals surface area contributed by atoms with Gasteiger partial charge in [-0.15, -0.1) is 0 Å². The number of benzene rings is 1. The highest BCUT2D eigenvalue weighted by molar-refractivity contribution is 5.93. The van der Waals surface area contributed by atoms with E-state index in [2.05, 4.69) is 0 Å². The third kappa shape index (κ3) is 5.38. The molecule has 0 bridgehead atoms. The highest BCUT2D eigenvalue weighted by Crippen LogP contribution is 2.24. The van der Waals surface area contributed by atoms with E-state index in [9.17, 15) is 23.2 Å². The molecule has 1 aliphatic heterocycles. The SMILES string of the molecule is CC(CCC(=O)NC(N)=O)C(=O)N1CCN(c2ccc(F)c(F)c2)[C@@H](C)C1. The molecule has 1 saturated heterocycles. The second kappa shape index (κ2) is 8.79. The number of imide groups is 1. The molecule has 1 unspecified atom stereocenters. The Bertz CT molecular complexity index is 729. The molecule has 148 valence electrons. The van der Waals surface area contributed by atoms with Crippen molar-refractivity contribution < 1.29 is 23.2 Å². The highest BCUT2D eigenvalue weighted by Gasteiger charge is 2.29. The summed E-state index contributed by atoms with van der Waals surface area (Å²) in [7, 11) is 0. The fourth-order valence-corrected chi connectivity index (χ4v) is 3.19. The maximum atomic E-state index is 13.5. The number of carbonyl (C=O) groups excluding carboxylic acids is 3. The van der Waals surface area contributed by atoms with Crippen LogP contribution in [0, 0.1) is 17.6 Å². The largest absolute Gasteiger partial charge is 0.365 e. The molecule has 9 heteroatoms. The molecule has 27 heavy (non-hydrogen) atoms. The van der Waals surface area contributed by atoms with Crippen LogP contribution >= 0.6 is 0 Å². The molecule has 0 aliphatic carbocycles. The minimum absolute atomic E-state index is 0.0280. The number of carbonyl (C=O) groups is 3. The Morgan fingerprint density at radius 2 is 1.96 bits per heavy atom. The fraction of sp³-hybridized carbons (Fsp3) is 0.500. The van der Waals surface area contributed by atoms with Crippen molar-refractivity contribution in [3.63, 3.8) is 0 Å². The van der Waals surface area contributed by atoms with Crippen molar-refractivity contribution in [3.05, 3.63) is 29.8 Å². The third-order valence-electron chi connectivity index (χ3n) is 4.66. The van der Waals surface area contributed by atoms with E-state index in [4.69, 9.17) is 5.73 Å². The van der Waals surface area contributed by atoms with Gasteiger partial charge in [-0.1, -0.05) is 6.92 Å². The molecule has 1 heterocycles. The lowest BCUT2D eigenvalue weighted by Crippen LogP contribution is -2.54. The minimum Gasteiger partial charge on any atom is -0.365 e.